The van der Waals surface area contributed by atoms with Gasteiger partial charge in [-0.05, 0) is 66.5 Å². The van der Waals surface area contributed by atoms with Crippen molar-refractivity contribution in [1.29, 1.82) is 0 Å². The average Bonchev–Trinajstić information content (AvgIpc) is 3.32. The van der Waals surface area contributed by atoms with Crippen molar-refractivity contribution < 1.29 is 9.31 Å². The van der Waals surface area contributed by atoms with Crippen molar-refractivity contribution in [3.05, 3.63) is 158 Å². The van der Waals surface area contributed by atoms with Crippen molar-refractivity contribution in [2.45, 2.75) is 38.9 Å². The second-order valence-corrected chi connectivity index (χ2v) is 13.2. The first-order valence-electron chi connectivity index (χ1n) is 16.1. The Hall–Kier alpha value is -4.63. The van der Waals surface area contributed by atoms with Crippen LogP contribution in [-0.2, 0) is 9.31 Å². The molecule has 1 saturated heterocycles. The van der Waals surface area contributed by atoms with Crippen molar-refractivity contribution in [2.75, 3.05) is 0 Å². The van der Waals surface area contributed by atoms with Crippen molar-refractivity contribution in [2.24, 2.45) is 0 Å². The van der Waals surface area contributed by atoms with E-state index in [0.29, 0.717) is 0 Å². The molecule has 1 heterocycles. The van der Waals surface area contributed by atoms with Crippen LogP contribution in [0.2, 0.25) is 0 Å². The molecule has 1 fully saturated rings. The predicted octanol–water partition coefficient (Wildman–Crippen LogP) is 7.50. The Bertz CT molecular complexity index is 1800. The maximum atomic E-state index is 6.26. The zero-order chi connectivity index (χ0) is 31.7. The molecular weight excluding hydrogens is 558 g/mol. The molecule has 0 radical (unpaired) electrons. The van der Waals surface area contributed by atoms with Crippen molar-refractivity contribution in [1.82, 2.24) is 0 Å². The minimum atomic E-state index is -0.358. The summed E-state index contributed by atoms with van der Waals surface area (Å²) in [6.07, 6.45) is 0. The topological polar surface area (TPSA) is 18.5 Å². The molecule has 0 N–H and O–H groups in total. The monoisotopic (exact) mass is 596 g/mol. The van der Waals surface area contributed by atoms with E-state index in [1.165, 1.54) is 49.8 Å². The molecule has 0 unspecified atom stereocenters. The van der Waals surface area contributed by atoms with Crippen molar-refractivity contribution in [3.8, 4) is 33.4 Å². The molecule has 0 spiro atoms. The van der Waals surface area contributed by atoms with Gasteiger partial charge in [-0.25, -0.2) is 0 Å². The number of hydrogen-bond donors (Lipinski definition) is 0. The molecular formula is C42H38B2O2. The molecule has 1 aliphatic rings. The second-order valence-electron chi connectivity index (χ2n) is 13.2. The lowest BCUT2D eigenvalue weighted by atomic mass is 9.37. The zero-order valence-electron chi connectivity index (χ0n) is 27.0. The minimum absolute atomic E-state index is 0.106. The smallest absolute Gasteiger partial charge is 0.399 e. The van der Waals surface area contributed by atoms with Gasteiger partial charge in [-0.15, -0.1) is 0 Å². The molecule has 0 atom stereocenters. The highest BCUT2D eigenvalue weighted by atomic mass is 16.7. The normalized spacial score (nSPS) is 15.1. The Morgan fingerprint density at radius 2 is 0.652 bits per heavy atom. The van der Waals surface area contributed by atoms with E-state index < -0.39 is 0 Å². The number of hydrogen-bond acceptors (Lipinski definition) is 2. The Morgan fingerprint density at radius 3 is 0.978 bits per heavy atom. The Labute approximate surface area is 274 Å². The van der Waals surface area contributed by atoms with Crippen LogP contribution in [0.15, 0.2) is 158 Å². The highest BCUT2D eigenvalue weighted by molar-refractivity contribution is 6.95. The van der Waals surface area contributed by atoms with Crippen molar-refractivity contribution in [3.63, 3.8) is 0 Å². The molecule has 0 aromatic heterocycles. The number of rotatable bonds is 7. The Kier molecular flexibility index (Phi) is 8.02. The lowest BCUT2D eigenvalue weighted by molar-refractivity contribution is 0.00578. The fourth-order valence-electron chi connectivity index (χ4n) is 6.25. The first-order valence-corrected chi connectivity index (χ1v) is 16.1. The van der Waals surface area contributed by atoms with Crippen LogP contribution in [0.4, 0.5) is 0 Å². The van der Waals surface area contributed by atoms with E-state index in [1.807, 2.05) is 0 Å². The van der Waals surface area contributed by atoms with Crippen LogP contribution in [0.1, 0.15) is 27.7 Å². The predicted molar refractivity (Wildman–Crippen MR) is 196 cm³/mol. The van der Waals surface area contributed by atoms with Gasteiger partial charge in [0.2, 0.25) is 6.71 Å². The van der Waals surface area contributed by atoms with Gasteiger partial charge >= 0.3 is 7.12 Å². The second kappa shape index (κ2) is 12.3. The summed E-state index contributed by atoms with van der Waals surface area (Å²) in [6, 6.07) is 56.8. The molecule has 7 rings (SSSR count). The molecule has 224 valence electrons. The minimum Gasteiger partial charge on any atom is -0.399 e. The third kappa shape index (κ3) is 5.99. The fourth-order valence-corrected chi connectivity index (χ4v) is 6.25. The van der Waals surface area contributed by atoms with Crippen LogP contribution >= 0.6 is 0 Å². The maximum absolute atomic E-state index is 6.26. The third-order valence-corrected chi connectivity index (χ3v) is 9.72. The fraction of sp³-hybridized carbons (Fsp3) is 0.143. The molecule has 0 aliphatic carbocycles. The van der Waals surface area contributed by atoms with Gasteiger partial charge in [0.15, 0.2) is 0 Å². The maximum Gasteiger partial charge on any atom is 0.494 e. The van der Waals surface area contributed by atoms with Gasteiger partial charge in [-0.3, -0.25) is 0 Å². The summed E-state index contributed by atoms with van der Waals surface area (Å²) in [6.45, 7) is 8.46. The van der Waals surface area contributed by atoms with Crippen LogP contribution in [0.3, 0.4) is 0 Å². The van der Waals surface area contributed by atoms with E-state index >= 15 is 0 Å². The van der Waals surface area contributed by atoms with E-state index in [9.17, 15) is 0 Å². The van der Waals surface area contributed by atoms with Gasteiger partial charge in [-0.2, -0.15) is 0 Å². The Balaban J connectivity index is 1.18. The summed E-state index contributed by atoms with van der Waals surface area (Å²) in [7, 11) is -0.358. The summed E-state index contributed by atoms with van der Waals surface area (Å²) >= 11 is 0. The lowest BCUT2D eigenvalue weighted by Crippen LogP contribution is -2.51. The van der Waals surface area contributed by atoms with Crippen molar-refractivity contribution >= 4 is 35.7 Å². The molecule has 4 heteroatoms. The van der Waals surface area contributed by atoms with E-state index in [-0.39, 0.29) is 25.0 Å². The first kappa shape index (κ1) is 30.0. The van der Waals surface area contributed by atoms with E-state index in [1.54, 1.807) is 0 Å². The van der Waals surface area contributed by atoms with Gasteiger partial charge in [0.05, 0.1) is 11.2 Å². The van der Waals surface area contributed by atoms with Gasteiger partial charge in [-0.1, -0.05) is 174 Å². The largest absolute Gasteiger partial charge is 0.494 e. The van der Waals surface area contributed by atoms with Crippen LogP contribution in [-0.4, -0.2) is 25.0 Å². The molecule has 0 bridgehead atoms. The quantitative estimate of drug-likeness (QED) is 0.178. The molecule has 6 aromatic rings. The SMILES string of the molecule is CC1(C)OB(c2ccc(-c3ccc(B(c4ccc(-c5ccccc5)cc4)c4ccc(-c5ccccc5)cc4)cc3)cc2)OC1(C)C. The van der Waals surface area contributed by atoms with Gasteiger partial charge < -0.3 is 9.31 Å². The van der Waals surface area contributed by atoms with Crippen LogP contribution in [0, 0.1) is 0 Å². The molecule has 0 amide bonds. The van der Waals surface area contributed by atoms with Gasteiger partial charge in [0, 0.05) is 0 Å². The van der Waals surface area contributed by atoms with Crippen LogP contribution in [0.25, 0.3) is 33.4 Å². The highest BCUT2D eigenvalue weighted by Crippen LogP contribution is 2.36. The van der Waals surface area contributed by atoms with E-state index in [4.69, 9.17) is 9.31 Å². The van der Waals surface area contributed by atoms with Gasteiger partial charge in [0.25, 0.3) is 0 Å². The van der Waals surface area contributed by atoms with E-state index in [2.05, 4.69) is 185 Å². The summed E-state index contributed by atoms with van der Waals surface area (Å²) in [5.41, 5.74) is 11.4. The molecule has 2 nitrogen and oxygen atoms in total. The summed E-state index contributed by atoms with van der Waals surface area (Å²) < 4.78 is 12.5. The van der Waals surface area contributed by atoms with Crippen LogP contribution in [0.5, 0.6) is 0 Å². The highest BCUT2D eigenvalue weighted by Gasteiger charge is 2.51. The summed E-state index contributed by atoms with van der Waals surface area (Å²) in [5, 5.41) is 0. The number of benzene rings is 6. The summed E-state index contributed by atoms with van der Waals surface area (Å²) in [5.74, 6) is 0. The van der Waals surface area contributed by atoms with E-state index in [0.717, 1.165) is 5.46 Å². The molecule has 46 heavy (non-hydrogen) atoms. The average molecular weight is 596 g/mol. The molecule has 6 aromatic carbocycles. The summed E-state index contributed by atoms with van der Waals surface area (Å²) in [4.78, 5) is 0. The van der Waals surface area contributed by atoms with Crippen LogP contribution < -0.4 is 21.9 Å². The third-order valence-electron chi connectivity index (χ3n) is 9.72. The Morgan fingerprint density at radius 1 is 0.370 bits per heavy atom. The standard InChI is InChI=1S/C42H38B2O2/c1-41(2)42(3,4)46-44(45-41)40-29-21-36(22-30-40)35-19-27-39(28-20-35)43(37-23-15-33(16-24-37)31-11-7-5-8-12-31)38-25-17-34(18-26-38)32-13-9-6-10-14-32/h5-30H,1-4H3. The zero-order valence-corrected chi connectivity index (χ0v) is 27.0. The molecule has 0 saturated carbocycles. The molecule has 1 aliphatic heterocycles. The van der Waals surface area contributed by atoms with Gasteiger partial charge in [0.1, 0.15) is 0 Å². The lowest BCUT2D eigenvalue weighted by Gasteiger charge is -2.32. The first-order chi connectivity index (χ1) is 22.3.